The van der Waals surface area contributed by atoms with Gasteiger partial charge in [-0.25, -0.2) is 9.48 Å². The minimum Gasteiger partial charge on any atom is -0.333 e. The van der Waals surface area contributed by atoms with Crippen LogP contribution in [0.5, 0.6) is 0 Å². The molecular weight excluding hydrogens is 323 g/mol. The maximum absolute atomic E-state index is 11.9. The highest BCUT2D eigenvalue weighted by atomic mass is 35.5. The fourth-order valence-electron chi connectivity index (χ4n) is 1.88. The molecule has 1 aromatic carbocycles. The van der Waals surface area contributed by atoms with Crippen LogP contribution in [-0.4, -0.2) is 21.4 Å². The molecule has 118 valence electrons. The van der Waals surface area contributed by atoms with Crippen LogP contribution in [0, 0.1) is 0 Å². The Hall–Kier alpha value is -1.72. The predicted molar refractivity (Wildman–Crippen MR) is 89.7 cm³/mol. The van der Waals surface area contributed by atoms with Gasteiger partial charge in [0.15, 0.2) is 0 Å². The lowest BCUT2D eigenvalue weighted by Gasteiger charge is -2.21. The maximum atomic E-state index is 11.9. The third-order valence-corrected chi connectivity index (χ3v) is 3.66. The molecule has 0 radical (unpaired) electrons. The summed E-state index contributed by atoms with van der Waals surface area (Å²) in [5.41, 5.74) is 0.516. The van der Waals surface area contributed by atoms with E-state index in [4.69, 9.17) is 23.2 Å². The van der Waals surface area contributed by atoms with Gasteiger partial charge in [0.05, 0.1) is 22.8 Å². The summed E-state index contributed by atoms with van der Waals surface area (Å²) in [4.78, 5) is 11.9. The largest absolute Gasteiger partial charge is 0.333 e. The van der Waals surface area contributed by atoms with Gasteiger partial charge in [0.25, 0.3) is 0 Å². The second-order valence-corrected chi connectivity index (χ2v) is 6.70. The van der Waals surface area contributed by atoms with Gasteiger partial charge in [-0.15, -0.1) is 0 Å². The van der Waals surface area contributed by atoms with Crippen molar-refractivity contribution in [1.29, 1.82) is 0 Å². The molecule has 0 bridgehead atoms. The summed E-state index contributed by atoms with van der Waals surface area (Å²) in [6.45, 7) is 6.15. The Labute approximate surface area is 139 Å². The lowest BCUT2D eigenvalue weighted by Crippen LogP contribution is -2.43. The zero-order valence-electron chi connectivity index (χ0n) is 12.7. The smallest absolute Gasteiger partial charge is 0.320 e. The number of carbonyl (C=O) groups excluding carboxylic acids is 1. The molecule has 0 fully saturated rings. The van der Waals surface area contributed by atoms with Crippen LogP contribution in [0.25, 0.3) is 0 Å². The van der Waals surface area contributed by atoms with Crippen LogP contribution in [0.3, 0.4) is 0 Å². The standard InChI is InChI=1S/C15H18Cl2N4O/c1-15(2,3)20-14(22)19-12-7-8-18-21(12)9-10-5-4-6-11(16)13(10)17/h4-8H,9H2,1-3H3,(H2,19,20,22). The van der Waals surface area contributed by atoms with Crippen molar-refractivity contribution in [3.8, 4) is 0 Å². The van der Waals surface area contributed by atoms with E-state index in [0.29, 0.717) is 22.4 Å². The number of hydrogen-bond acceptors (Lipinski definition) is 2. The number of carbonyl (C=O) groups is 1. The molecule has 0 aliphatic heterocycles. The zero-order valence-corrected chi connectivity index (χ0v) is 14.2. The maximum Gasteiger partial charge on any atom is 0.320 e. The molecule has 0 atom stereocenters. The number of aromatic nitrogens is 2. The summed E-state index contributed by atoms with van der Waals surface area (Å²) >= 11 is 12.2. The first-order chi connectivity index (χ1) is 10.3. The Morgan fingerprint density at radius 1 is 1.27 bits per heavy atom. The van der Waals surface area contributed by atoms with E-state index in [0.717, 1.165) is 5.56 Å². The summed E-state index contributed by atoms with van der Waals surface area (Å²) in [7, 11) is 0. The molecule has 5 nitrogen and oxygen atoms in total. The number of anilines is 1. The topological polar surface area (TPSA) is 59.0 Å². The molecule has 2 amide bonds. The Bertz CT molecular complexity index is 676. The van der Waals surface area contributed by atoms with Crippen LogP contribution in [0.2, 0.25) is 10.0 Å². The van der Waals surface area contributed by atoms with Crippen LogP contribution >= 0.6 is 23.2 Å². The summed E-state index contributed by atoms with van der Waals surface area (Å²) in [6, 6.07) is 6.86. The Balaban J connectivity index is 2.13. The van der Waals surface area contributed by atoms with E-state index < -0.39 is 0 Å². The first kappa shape index (κ1) is 16.6. The quantitative estimate of drug-likeness (QED) is 0.881. The molecule has 2 aromatic rings. The van der Waals surface area contributed by atoms with Crippen molar-refractivity contribution >= 4 is 35.1 Å². The van der Waals surface area contributed by atoms with Crippen molar-refractivity contribution < 1.29 is 4.79 Å². The van der Waals surface area contributed by atoms with E-state index >= 15 is 0 Å². The average molecular weight is 341 g/mol. The van der Waals surface area contributed by atoms with Crippen molar-refractivity contribution in [1.82, 2.24) is 15.1 Å². The number of nitrogens with one attached hydrogen (secondary N) is 2. The van der Waals surface area contributed by atoms with Crippen LogP contribution in [0.15, 0.2) is 30.5 Å². The molecule has 1 heterocycles. The van der Waals surface area contributed by atoms with Crippen LogP contribution < -0.4 is 10.6 Å². The van der Waals surface area contributed by atoms with Gasteiger partial charge in [-0.3, -0.25) is 5.32 Å². The first-order valence-electron chi connectivity index (χ1n) is 6.80. The number of amides is 2. The molecule has 0 unspecified atom stereocenters. The van der Waals surface area contributed by atoms with Crippen molar-refractivity contribution in [2.24, 2.45) is 0 Å². The van der Waals surface area contributed by atoms with E-state index in [9.17, 15) is 4.79 Å². The number of urea groups is 1. The van der Waals surface area contributed by atoms with Gasteiger partial charge in [0.2, 0.25) is 0 Å². The molecule has 1 aromatic heterocycles. The second kappa shape index (κ2) is 6.58. The molecule has 2 rings (SSSR count). The number of benzene rings is 1. The van der Waals surface area contributed by atoms with Crippen LogP contribution in [0.4, 0.5) is 10.6 Å². The Morgan fingerprint density at radius 3 is 2.68 bits per heavy atom. The summed E-state index contributed by atoms with van der Waals surface area (Å²) in [5, 5.41) is 10.8. The number of rotatable bonds is 3. The fourth-order valence-corrected chi connectivity index (χ4v) is 2.26. The molecule has 0 saturated carbocycles. The van der Waals surface area contributed by atoms with Gasteiger partial charge in [-0.1, -0.05) is 35.3 Å². The molecule has 22 heavy (non-hydrogen) atoms. The summed E-state index contributed by atoms with van der Waals surface area (Å²) < 4.78 is 1.65. The lowest BCUT2D eigenvalue weighted by molar-refractivity contribution is 0.243. The monoisotopic (exact) mass is 340 g/mol. The highest BCUT2D eigenvalue weighted by Gasteiger charge is 2.15. The molecule has 0 spiro atoms. The predicted octanol–water partition coefficient (Wildman–Crippen LogP) is 4.16. The van der Waals surface area contributed by atoms with E-state index in [1.165, 1.54) is 0 Å². The molecule has 2 N–H and O–H groups in total. The van der Waals surface area contributed by atoms with E-state index in [1.807, 2.05) is 32.9 Å². The highest BCUT2D eigenvalue weighted by molar-refractivity contribution is 6.42. The first-order valence-corrected chi connectivity index (χ1v) is 7.56. The van der Waals surface area contributed by atoms with Crippen molar-refractivity contribution in [3.05, 3.63) is 46.1 Å². The van der Waals surface area contributed by atoms with E-state index in [1.54, 1.807) is 23.0 Å². The number of hydrogen-bond donors (Lipinski definition) is 2. The molecule has 0 aliphatic rings. The minimum atomic E-state index is -0.314. The highest BCUT2D eigenvalue weighted by Crippen LogP contribution is 2.26. The van der Waals surface area contributed by atoms with E-state index in [2.05, 4.69) is 15.7 Å². The van der Waals surface area contributed by atoms with Crippen molar-refractivity contribution in [2.45, 2.75) is 32.9 Å². The van der Waals surface area contributed by atoms with Crippen LogP contribution in [0.1, 0.15) is 26.3 Å². The average Bonchev–Trinajstić information content (AvgIpc) is 2.80. The SMILES string of the molecule is CC(C)(C)NC(=O)Nc1ccnn1Cc1cccc(Cl)c1Cl. The third kappa shape index (κ3) is 4.39. The van der Waals surface area contributed by atoms with Gasteiger partial charge < -0.3 is 5.32 Å². The number of halogens is 2. The van der Waals surface area contributed by atoms with Crippen molar-refractivity contribution in [2.75, 3.05) is 5.32 Å². The summed E-state index contributed by atoms with van der Waals surface area (Å²) in [5.74, 6) is 0.581. The minimum absolute atomic E-state index is 0.286. The van der Waals surface area contributed by atoms with Crippen LogP contribution in [-0.2, 0) is 6.54 Å². The lowest BCUT2D eigenvalue weighted by atomic mass is 10.1. The van der Waals surface area contributed by atoms with Gasteiger partial charge in [0.1, 0.15) is 5.82 Å². The van der Waals surface area contributed by atoms with Gasteiger partial charge in [-0.2, -0.15) is 5.10 Å². The zero-order chi connectivity index (χ0) is 16.3. The second-order valence-electron chi connectivity index (χ2n) is 5.92. The molecular formula is C15H18Cl2N4O. The normalized spacial score (nSPS) is 11.3. The van der Waals surface area contributed by atoms with Crippen molar-refractivity contribution in [3.63, 3.8) is 0 Å². The molecule has 7 heteroatoms. The Morgan fingerprint density at radius 2 is 2.00 bits per heavy atom. The fraction of sp³-hybridized carbons (Fsp3) is 0.333. The Kier molecular flexibility index (Phi) is 4.98. The van der Waals surface area contributed by atoms with Gasteiger partial charge in [-0.05, 0) is 32.4 Å². The molecule has 0 aliphatic carbocycles. The number of nitrogens with zero attached hydrogens (tertiary/aromatic N) is 2. The van der Waals surface area contributed by atoms with Gasteiger partial charge >= 0.3 is 6.03 Å². The summed E-state index contributed by atoms with van der Waals surface area (Å²) in [6.07, 6.45) is 1.62. The third-order valence-electron chi connectivity index (χ3n) is 2.80. The molecule has 0 saturated heterocycles. The van der Waals surface area contributed by atoms with Gasteiger partial charge in [0, 0.05) is 11.6 Å². The van der Waals surface area contributed by atoms with E-state index in [-0.39, 0.29) is 11.6 Å².